The lowest BCUT2D eigenvalue weighted by Crippen LogP contribution is -2.15. The van der Waals surface area contributed by atoms with Gasteiger partial charge in [-0.15, -0.1) is 0 Å². The molecule has 0 N–H and O–H groups in total. The average molecular weight is 1420 g/mol. The second-order valence-corrected chi connectivity index (χ2v) is 30.5. The minimum Gasteiger partial charge on any atom is -0.456 e. The van der Waals surface area contributed by atoms with Crippen molar-refractivity contribution >= 4 is 65.6 Å². The lowest BCUT2D eigenvalue weighted by atomic mass is 9.82. The van der Waals surface area contributed by atoms with Crippen molar-refractivity contribution in [2.45, 2.75) is 38.5 Å². The van der Waals surface area contributed by atoms with Gasteiger partial charge < -0.3 is 13.6 Å². The first kappa shape index (κ1) is 63.9. The summed E-state index contributed by atoms with van der Waals surface area (Å²) in [6, 6.07) is 122. The van der Waals surface area contributed by atoms with Crippen LogP contribution < -0.4 is 0 Å². The van der Waals surface area contributed by atoms with Crippen molar-refractivity contribution in [3.8, 4) is 135 Å². The van der Waals surface area contributed by atoms with Gasteiger partial charge in [-0.1, -0.05) is 289 Å². The molecule has 2 aliphatic carbocycles. The molecule has 0 fully saturated rings. The van der Waals surface area contributed by atoms with E-state index >= 15 is 0 Å². The molecule has 9 heteroatoms. The summed E-state index contributed by atoms with van der Waals surface area (Å²) in [5.74, 6) is 3.56. The topological polar surface area (TPSA) is 100 Å². The van der Waals surface area contributed by atoms with E-state index in [0.29, 0.717) is 34.9 Å². The van der Waals surface area contributed by atoms with Crippen LogP contribution >= 0.6 is 0 Å². The molecule has 15 aromatic carbocycles. The maximum absolute atomic E-state index is 6.44. The van der Waals surface area contributed by atoms with Gasteiger partial charge in [0.1, 0.15) is 11.2 Å². The molecule has 0 saturated heterocycles. The fourth-order valence-corrected chi connectivity index (χ4v) is 17.9. The normalized spacial score (nSPS) is 13.2. The molecule has 111 heavy (non-hydrogen) atoms. The van der Waals surface area contributed by atoms with Crippen LogP contribution in [0.1, 0.15) is 49.9 Å². The number of para-hydroxylation sites is 3. The molecule has 0 bridgehead atoms. The largest absolute Gasteiger partial charge is 0.456 e. The standard InChI is InChI=1S/C102H68N8O/c1-101(2)83-40-21-17-36-73(83)78-57-80-74-37-18-23-42-88(74)110(91(80)59-85(78)101)90-56-70(45-49-72(90)67-47-51-94-82(54-67)76-39-20-24-43-93(76)111-94)100-107-97(64-32-15-8-16-33-64)104-98(108-100)68-35-25-34-65(52-68)66-46-50-84-77(53-66)79-58-81-75-38-19-22-41-87(75)109(92(81)60-86(79)102(84,3)4)89-55-69(44-48-71(89)61-26-9-5-10-27-61)99-105-95(62-28-11-6-12-29-62)103-96(106-99)63-30-13-7-14-31-63/h5-60H,1-4H3. The van der Waals surface area contributed by atoms with Gasteiger partial charge in [0.25, 0.3) is 0 Å². The second kappa shape index (κ2) is 24.6. The summed E-state index contributed by atoms with van der Waals surface area (Å²) < 4.78 is 11.4. The molecule has 0 amide bonds. The highest BCUT2D eigenvalue weighted by Gasteiger charge is 2.39. The van der Waals surface area contributed by atoms with Crippen molar-refractivity contribution in [1.82, 2.24) is 39.0 Å². The van der Waals surface area contributed by atoms with E-state index in [1.54, 1.807) is 0 Å². The first-order valence-electron chi connectivity index (χ1n) is 38.0. The van der Waals surface area contributed by atoms with Gasteiger partial charge >= 0.3 is 0 Å². The minimum absolute atomic E-state index is 0.222. The van der Waals surface area contributed by atoms with Gasteiger partial charge in [-0.2, -0.15) is 0 Å². The van der Waals surface area contributed by atoms with E-state index in [9.17, 15) is 0 Å². The summed E-state index contributed by atoms with van der Waals surface area (Å²) in [6.07, 6.45) is 0. The number of benzene rings is 15. The number of hydrogen-bond donors (Lipinski definition) is 0. The van der Waals surface area contributed by atoms with Crippen molar-refractivity contribution in [3.63, 3.8) is 0 Å². The van der Waals surface area contributed by atoms with Gasteiger partial charge in [-0.05, 0) is 146 Å². The van der Waals surface area contributed by atoms with Crippen LogP contribution in [-0.4, -0.2) is 39.0 Å². The zero-order valence-corrected chi connectivity index (χ0v) is 61.3. The molecule has 0 unspecified atom stereocenters. The van der Waals surface area contributed by atoms with Crippen LogP contribution in [0.25, 0.3) is 201 Å². The Morgan fingerprint density at radius 1 is 0.207 bits per heavy atom. The summed E-state index contributed by atoms with van der Waals surface area (Å²) in [7, 11) is 0. The number of hydrogen-bond acceptors (Lipinski definition) is 7. The lowest BCUT2D eigenvalue weighted by Gasteiger charge is -2.22. The molecule has 0 spiro atoms. The fraction of sp³-hybridized carbons (Fsp3) is 0.0588. The van der Waals surface area contributed by atoms with Crippen molar-refractivity contribution in [2.24, 2.45) is 0 Å². The Labute approximate surface area is 640 Å². The zero-order valence-electron chi connectivity index (χ0n) is 61.3. The Bertz CT molecular complexity index is 7200. The van der Waals surface area contributed by atoms with E-state index in [1.165, 1.54) is 60.7 Å². The fourth-order valence-electron chi connectivity index (χ4n) is 17.9. The van der Waals surface area contributed by atoms with E-state index in [4.69, 9.17) is 34.3 Å². The third-order valence-electron chi connectivity index (χ3n) is 23.4. The molecule has 5 heterocycles. The number of fused-ring (bicyclic) bond motifs is 15. The predicted molar refractivity (Wildman–Crippen MR) is 453 cm³/mol. The van der Waals surface area contributed by atoms with Gasteiger partial charge in [0.2, 0.25) is 0 Å². The molecular weight excluding hydrogens is 1350 g/mol. The lowest BCUT2D eigenvalue weighted by molar-refractivity contribution is 0.661. The number of furan rings is 1. The SMILES string of the molecule is CC1(C)c2ccccc2-c2cc3c4ccccc4n(-c4cc(-c5nc(-c6ccccc6)nc(-c6cccc(-c7ccc8c(c7)-c7cc9c%10ccccc%10n(-c%10cc(-c%11nc(-c%12ccccc%12)nc(-c%12ccccc%12)n%11)ccc%10-c%10ccccc%10)c9cc7C8(C)C)c6)n5)ccc4-c4ccc5oc6ccccc6c5c4)c3cc21. The Morgan fingerprint density at radius 3 is 1.14 bits per heavy atom. The molecule has 20 aromatic rings. The molecule has 0 saturated carbocycles. The second-order valence-electron chi connectivity index (χ2n) is 30.5. The first-order valence-corrected chi connectivity index (χ1v) is 38.0. The van der Waals surface area contributed by atoms with Crippen LogP contribution in [0.3, 0.4) is 0 Å². The van der Waals surface area contributed by atoms with E-state index in [2.05, 4.69) is 310 Å². The molecule has 0 radical (unpaired) electrons. The van der Waals surface area contributed by atoms with Gasteiger partial charge in [0.05, 0.1) is 33.4 Å². The monoisotopic (exact) mass is 1420 g/mol. The molecule has 0 atom stereocenters. The van der Waals surface area contributed by atoms with Crippen LogP contribution in [0.15, 0.2) is 344 Å². The highest BCUT2D eigenvalue weighted by Crippen LogP contribution is 2.55. The van der Waals surface area contributed by atoms with Crippen molar-refractivity contribution in [2.75, 3.05) is 0 Å². The summed E-state index contributed by atoms with van der Waals surface area (Å²) in [6.45, 7) is 9.47. The maximum Gasteiger partial charge on any atom is 0.164 e. The maximum atomic E-state index is 6.44. The summed E-state index contributed by atoms with van der Waals surface area (Å²) in [5, 5.41) is 6.86. The molecule has 522 valence electrons. The number of aromatic nitrogens is 8. The average Bonchev–Trinajstić information content (AvgIpc) is 1.56. The molecule has 0 aliphatic heterocycles. The van der Waals surface area contributed by atoms with Crippen LogP contribution in [0, 0.1) is 0 Å². The van der Waals surface area contributed by atoms with Gasteiger partial charge in [0.15, 0.2) is 34.9 Å². The Kier molecular flexibility index (Phi) is 14.2. The van der Waals surface area contributed by atoms with Gasteiger partial charge in [0, 0.05) is 87.7 Å². The van der Waals surface area contributed by atoms with Crippen LogP contribution in [0.5, 0.6) is 0 Å². The molecule has 2 aliphatic rings. The van der Waals surface area contributed by atoms with Crippen LogP contribution in [-0.2, 0) is 10.8 Å². The molecular formula is C102H68N8O. The molecule has 9 nitrogen and oxygen atoms in total. The van der Waals surface area contributed by atoms with Crippen molar-refractivity contribution in [1.29, 1.82) is 0 Å². The van der Waals surface area contributed by atoms with Crippen molar-refractivity contribution in [3.05, 3.63) is 362 Å². The summed E-state index contributed by atoms with van der Waals surface area (Å²) >= 11 is 0. The smallest absolute Gasteiger partial charge is 0.164 e. The molecule has 22 rings (SSSR count). The predicted octanol–water partition coefficient (Wildman–Crippen LogP) is 25.8. The highest BCUT2D eigenvalue weighted by atomic mass is 16.3. The molecule has 5 aromatic heterocycles. The van der Waals surface area contributed by atoms with Crippen LogP contribution in [0.4, 0.5) is 0 Å². The number of nitrogens with zero attached hydrogens (tertiary/aromatic N) is 8. The first-order chi connectivity index (χ1) is 54.5. The Hall–Kier alpha value is -14.3. The van der Waals surface area contributed by atoms with Crippen LogP contribution in [0.2, 0.25) is 0 Å². The van der Waals surface area contributed by atoms with Gasteiger partial charge in [-0.3, -0.25) is 0 Å². The zero-order chi connectivity index (χ0) is 73.8. The number of rotatable bonds is 11. The van der Waals surface area contributed by atoms with Crippen molar-refractivity contribution < 1.29 is 4.42 Å². The third kappa shape index (κ3) is 10.2. The minimum atomic E-state index is -0.349. The van der Waals surface area contributed by atoms with E-state index in [-0.39, 0.29) is 10.8 Å². The quantitative estimate of drug-likeness (QED) is 0.127. The van der Waals surface area contributed by atoms with E-state index < -0.39 is 0 Å². The third-order valence-corrected chi connectivity index (χ3v) is 23.4. The Balaban J connectivity index is 0.680. The highest BCUT2D eigenvalue weighted by molar-refractivity contribution is 6.14. The van der Waals surface area contributed by atoms with Gasteiger partial charge in [-0.25, -0.2) is 29.9 Å². The van der Waals surface area contributed by atoms with E-state index in [1.807, 2.05) is 66.7 Å². The summed E-state index contributed by atoms with van der Waals surface area (Å²) in [4.78, 5) is 31.9. The summed E-state index contributed by atoms with van der Waals surface area (Å²) in [5.41, 5.74) is 29.7. The Morgan fingerprint density at radius 2 is 0.586 bits per heavy atom. The van der Waals surface area contributed by atoms with E-state index in [0.717, 1.165) is 128 Å².